The first-order chi connectivity index (χ1) is 13.2. The summed E-state index contributed by atoms with van der Waals surface area (Å²) >= 11 is 0. The van der Waals surface area contributed by atoms with Crippen molar-refractivity contribution in [3.05, 3.63) is 29.8 Å². The van der Waals surface area contributed by atoms with Crippen molar-refractivity contribution < 1.29 is 14.3 Å². The molecule has 0 unspecified atom stereocenters. The first-order valence-electron chi connectivity index (χ1n) is 10.2. The lowest BCUT2D eigenvalue weighted by molar-refractivity contribution is -0.136. The predicted octanol–water partition coefficient (Wildman–Crippen LogP) is 1.59. The molecule has 0 radical (unpaired) electrons. The quantitative estimate of drug-likeness (QED) is 0.762. The van der Waals surface area contributed by atoms with Crippen LogP contribution in [0.2, 0.25) is 0 Å². The topological polar surface area (TPSA) is 70.7 Å². The normalized spacial score (nSPS) is 22.5. The minimum atomic E-state index is -0.141. The summed E-state index contributed by atoms with van der Waals surface area (Å²) in [6.45, 7) is 6.23. The Labute approximate surface area is 161 Å². The Morgan fingerprint density at radius 3 is 2.70 bits per heavy atom. The summed E-state index contributed by atoms with van der Waals surface area (Å²) in [5.41, 5.74) is 1.10. The average molecular weight is 373 g/mol. The lowest BCUT2D eigenvalue weighted by atomic mass is 9.89. The number of likely N-dealkylation sites (tertiary alicyclic amines) is 1. The molecule has 6 heteroatoms. The van der Waals surface area contributed by atoms with E-state index in [1.807, 2.05) is 36.1 Å². The Hall–Kier alpha value is -2.08. The maximum atomic E-state index is 12.6. The van der Waals surface area contributed by atoms with Crippen molar-refractivity contribution in [3.63, 3.8) is 0 Å². The zero-order valence-electron chi connectivity index (χ0n) is 16.2. The third kappa shape index (κ3) is 5.22. The molecule has 6 nitrogen and oxygen atoms in total. The summed E-state index contributed by atoms with van der Waals surface area (Å²) in [5.74, 6) is 0.909. The van der Waals surface area contributed by atoms with Gasteiger partial charge < -0.3 is 20.3 Å². The molecular weight excluding hydrogens is 342 g/mol. The highest BCUT2D eigenvalue weighted by Gasteiger charge is 2.33. The van der Waals surface area contributed by atoms with Gasteiger partial charge in [0, 0.05) is 32.7 Å². The smallest absolute Gasteiger partial charge is 0.226 e. The van der Waals surface area contributed by atoms with Crippen molar-refractivity contribution in [3.8, 4) is 5.75 Å². The average Bonchev–Trinajstić information content (AvgIpc) is 3.24. The SMILES string of the molecule is CCOc1ccccc1CCNC(=O)[C@H]1CNC[C@@H](C(=O)N2CCCC2)C1. The van der Waals surface area contributed by atoms with E-state index in [2.05, 4.69) is 10.6 Å². The van der Waals surface area contributed by atoms with Crippen molar-refractivity contribution in [2.45, 2.75) is 32.6 Å². The monoisotopic (exact) mass is 373 g/mol. The largest absolute Gasteiger partial charge is 0.494 e. The first kappa shape index (κ1) is 19.7. The van der Waals surface area contributed by atoms with Crippen molar-refractivity contribution >= 4 is 11.8 Å². The molecule has 2 saturated heterocycles. The second-order valence-corrected chi connectivity index (χ2v) is 7.40. The van der Waals surface area contributed by atoms with Gasteiger partial charge in [0.25, 0.3) is 0 Å². The van der Waals surface area contributed by atoms with Gasteiger partial charge in [-0.25, -0.2) is 0 Å². The van der Waals surface area contributed by atoms with Crippen molar-refractivity contribution in [2.75, 3.05) is 39.3 Å². The van der Waals surface area contributed by atoms with Crippen LogP contribution < -0.4 is 15.4 Å². The fourth-order valence-electron chi connectivity index (χ4n) is 4.00. The lowest BCUT2D eigenvalue weighted by Gasteiger charge is -2.31. The number of benzene rings is 1. The van der Waals surface area contributed by atoms with Crippen LogP contribution in [-0.2, 0) is 16.0 Å². The minimum absolute atomic E-state index is 0.0373. The molecule has 0 aliphatic carbocycles. The number of nitrogens with zero attached hydrogens (tertiary/aromatic N) is 1. The van der Waals surface area contributed by atoms with Crippen LogP contribution in [0.3, 0.4) is 0 Å². The fourth-order valence-corrected chi connectivity index (χ4v) is 4.00. The number of carbonyl (C=O) groups excluding carboxylic acids is 2. The first-order valence-corrected chi connectivity index (χ1v) is 10.2. The molecule has 0 spiro atoms. The highest BCUT2D eigenvalue weighted by molar-refractivity contribution is 5.83. The Kier molecular flexibility index (Phi) is 7.10. The van der Waals surface area contributed by atoms with E-state index in [1.165, 1.54) is 0 Å². The van der Waals surface area contributed by atoms with E-state index in [9.17, 15) is 9.59 Å². The summed E-state index contributed by atoms with van der Waals surface area (Å²) in [6.07, 6.45) is 3.57. The van der Waals surface area contributed by atoms with Gasteiger partial charge >= 0.3 is 0 Å². The Balaban J connectivity index is 1.47. The molecule has 1 aromatic carbocycles. The summed E-state index contributed by atoms with van der Waals surface area (Å²) in [6, 6.07) is 7.93. The molecule has 2 amide bonds. The van der Waals surface area contributed by atoms with E-state index < -0.39 is 0 Å². The third-order valence-corrected chi connectivity index (χ3v) is 5.45. The molecule has 2 aliphatic heterocycles. The number of para-hydroxylation sites is 1. The molecule has 0 bridgehead atoms. The number of nitrogens with one attached hydrogen (secondary N) is 2. The molecule has 2 N–H and O–H groups in total. The number of ether oxygens (including phenoxy) is 1. The van der Waals surface area contributed by atoms with Gasteiger partial charge in [-0.15, -0.1) is 0 Å². The van der Waals surface area contributed by atoms with Gasteiger partial charge in [0.2, 0.25) is 11.8 Å². The molecule has 2 aliphatic rings. The second kappa shape index (κ2) is 9.74. The third-order valence-electron chi connectivity index (χ3n) is 5.45. The number of carbonyl (C=O) groups is 2. The number of amides is 2. The molecule has 1 aromatic rings. The van der Waals surface area contributed by atoms with Crippen LogP contribution in [0.4, 0.5) is 0 Å². The van der Waals surface area contributed by atoms with Gasteiger partial charge in [-0.1, -0.05) is 18.2 Å². The van der Waals surface area contributed by atoms with Crippen molar-refractivity contribution in [1.82, 2.24) is 15.5 Å². The van der Waals surface area contributed by atoms with Crippen molar-refractivity contribution in [2.24, 2.45) is 11.8 Å². The van der Waals surface area contributed by atoms with Crippen LogP contribution in [0.25, 0.3) is 0 Å². The lowest BCUT2D eigenvalue weighted by Crippen LogP contribution is -2.49. The molecule has 3 rings (SSSR count). The standard InChI is InChI=1S/C21H31N3O3/c1-2-27-19-8-4-3-7-16(19)9-10-23-20(25)17-13-18(15-22-14-17)21(26)24-11-5-6-12-24/h3-4,7-8,17-18,22H,2,5-6,9-15H2,1H3,(H,23,25)/t17-,18+/m1/s1. The number of rotatable bonds is 7. The number of hydrogen-bond donors (Lipinski definition) is 2. The molecule has 2 atom stereocenters. The number of hydrogen-bond acceptors (Lipinski definition) is 4. The van der Waals surface area contributed by atoms with Gasteiger partial charge in [0.15, 0.2) is 0 Å². The van der Waals surface area contributed by atoms with Crippen LogP contribution in [0, 0.1) is 11.8 Å². The molecular formula is C21H31N3O3. The van der Waals surface area contributed by atoms with Gasteiger partial charge in [0.05, 0.1) is 18.4 Å². The Bertz CT molecular complexity index is 643. The highest BCUT2D eigenvalue weighted by Crippen LogP contribution is 2.22. The summed E-state index contributed by atoms with van der Waals surface area (Å²) in [5, 5.41) is 6.32. The molecule has 2 heterocycles. The van der Waals surface area contributed by atoms with E-state index in [0.717, 1.165) is 43.7 Å². The van der Waals surface area contributed by atoms with E-state index in [4.69, 9.17) is 4.74 Å². The molecule has 27 heavy (non-hydrogen) atoms. The maximum absolute atomic E-state index is 12.6. The Morgan fingerprint density at radius 1 is 1.19 bits per heavy atom. The maximum Gasteiger partial charge on any atom is 0.226 e. The molecule has 0 saturated carbocycles. The zero-order valence-corrected chi connectivity index (χ0v) is 16.2. The van der Waals surface area contributed by atoms with E-state index in [0.29, 0.717) is 32.7 Å². The molecule has 148 valence electrons. The van der Waals surface area contributed by atoms with Gasteiger partial charge in [-0.05, 0) is 44.2 Å². The van der Waals surface area contributed by atoms with E-state index in [-0.39, 0.29) is 23.7 Å². The summed E-state index contributed by atoms with van der Waals surface area (Å²) < 4.78 is 5.64. The predicted molar refractivity (Wildman–Crippen MR) is 105 cm³/mol. The number of piperidine rings is 1. The van der Waals surface area contributed by atoms with Crippen LogP contribution in [-0.4, -0.2) is 56.0 Å². The summed E-state index contributed by atoms with van der Waals surface area (Å²) in [7, 11) is 0. The van der Waals surface area contributed by atoms with Crippen LogP contribution in [0.1, 0.15) is 31.7 Å². The van der Waals surface area contributed by atoms with Crippen molar-refractivity contribution in [1.29, 1.82) is 0 Å². The Morgan fingerprint density at radius 2 is 1.93 bits per heavy atom. The highest BCUT2D eigenvalue weighted by atomic mass is 16.5. The van der Waals surface area contributed by atoms with Crippen LogP contribution in [0.15, 0.2) is 24.3 Å². The van der Waals surface area contributed by atoms with Crippen LogP contribution >= 0.6 is 0 Å². The minimum Gasteiger partial charge on any atom is -0.494 e. The van der Waals surface area contributed by atoms with E-state index in [1.54, 1.807) is 0 Å². The molecule has 0 aromatic heterocycles. The molecule has 2 fully saturated rings. The van der Waals surface area contributed by atoms with Gasteiger partial charge in [-0.2, -0.15) is 0 Å². The van der Waals surface area contributed by atoms with Crippen LogP contribution in [0.5, 0.6) is 5.75 Å². The van der Waals surface area contributed by atoms with Gasteiger partial charge in [0.1, 0.15) is 5.75 Å². The van der Waals surface area contributed by atoms with E-state index >= 15 is 0 Å². The summed E-state index contributed by atoms with van der Waals surface area (Å²) in [4.78, 5) is 27.1. The second-order valence-electron chi connectivity index (χ2n) is 7.40. The fraction of sp³-hybridized carbons (Fsp3) is 0.619. The zero-order chi connectivity index (χ0) is 19.1. The van der Waals surface area contributed by atoms with Gasteiger partial charge in [-0.3, -0.25) is 9.59 Å².